The maximum absolute atomic E-state index is 5.75. The Hall–Kier alpha value is -1.02. The van der Waals surface area contributed by atoms with Crippen molar-refractivity contribution in [2.75, 3.05) is 0 Å². The molecule has 0 radical (unpaired) electrons. The minimum Gasteiger partial charge on any atom is -0.357 e. The highest BCUT2D eigenvalue weighted by atomic mass is 35.5. The lowest BCUT2D eigenvalue weighted by Crippen LogP contribution is -1.94. The molecule has 0 heterocycles. The fourth-order valence-corrected chi connectivity index (χ4v) is 1.23. The molecule has 0 amide bonds. The van der Waals surface area contributed by atoms with Gasteiger partial charge in [0, 0.05) is 5.02 Å². The number of unbranched alkanes of at least 4 members (excludes halogenated alkanes) is 1. The maximum Gasteiger partial charge on any atom is 0.158 e. The second-order valence-electron chi connectivity index (χ2n) is 3.48. The molecule has 0 aromatic heterocycles. The minimum absolute atomic E-state index is 0.703. The van der Waals surface area contributed by atoms with Crippen molar-refractivity contribution >= 4 is 17.3 Å². The van der Waals surface area contributed by atoms with Crippen LogP contribution in [0.1, 0.15) is 33.1 Å². The maximum atomic E-state index is 5.75. The van der Waals surface area contributed by atoms with Gasteiger partial charge < -0.3 is 4.84 Å². The lowest BCUT2D eigenvalue weighted by Gasteiger charge is -2.01. The average Bonchev–Trinajstić information content (AvgIpc) is 2.25. The van der Waals surface area contributed by atoms with Crippen LogP contribution in [-0.2, 0) is 0 Å². The van der Waals surface area contributed by atoms with Gasteiger partial charge in [-0.05, 0) is 44.0 Å². The van der Waals surface area contributed by atoms with Crippen LogP contribution in [0.3, 0.4) is 0 Å². The third kappa shape index (κ3) is 4.84. The third-order valence-corrected chi connectivity index (χ3v) is 2.26. The van der Waals surface area contributed by atoms with Crippen molar-refractivity contribution in [2.24, 2.45) is 5.16 Å². The second-order valence-corrected chi connectivity index (χ2v) is 3.91. The fourth-order valence-electron chi connectivity index (χ4n) is 1.10. The van der Waals surface area contributed by atoms with Crippen molar-refractivity contribution in [3.8, 4) is 5.75 Å². The molecule has 0 unspecified atom stereocenters. The van der Waals surface area contributed by atoms with Gasteiger partial charge in [-0.2, -0.15) is 0 Å². The van der Waals surface area contributed by atoms with Crippen LogP contribution in [0.5, 0.6) is 5.75 Å². The molecule has 1 aromatic carbocycles. The molecule has 0 saturated heterocycles. The summed E-state index contributed by atoms with van der Waals surface area (Å²) in [4.78, 5) is 5.25. The fraction of sp³-hybridized carbons (Fsp3) is 0.417. The summed E-state index contributed by atoms with van der Waals surface area (Å²) in [5.74, 6) is 0.718. The predicted octanol–water partition coefficient (Wildman–Crippen LogP) is 4.28. The number of nitrogens with zero attached hydrogens (tertiary/aromatic N) is 1. The molecular formula is C12H16ClNO. The SMILES string of the molecule is CCCC/C(C)=N/Oc1ccc(Cl)cc1. The van der Waals surface area contributed by atoms with E-state index in [0.717, 1.165) is 24.3 Å². The monoisotopic (exact) mass is 225 g/mol. The van der Waals surface area contributed by atoms with Gasteiger partial charge >= 0.3 is 0 Å². The lowest BCUT2D eigenvalue weighted by molar-refractivity contribution is 0.339. The van der Waals surface area contributed by atoms with E-state index in [4.69, 9.17) is 16.4 Å². The Balaban J connectivity index is 2.45. The predicted molar refractivity (Wildman–Crippen MR) is 64.7 cm³/mol. The van der Waals surface area contributed by atoms with Crippen LogP contribution in [0, 0.1) is 0 Å². The first-order valence-corrected chi connectivity index (χ1v) is 5.56. The molecule has 2 nitrogen and oxygen atoms in total. The number of oxime groups is 1. The summed E-state index contributed by atoms with van der Waals surface area (Å²) in [5, 5.41) is 4.74. The van der Waals surface area contributed by atoms with Gasteiger partial charge in [-0.15, -0.1) is 0 Å². The summed E-state index contributed by atoms with van der Waals surface area (Å²) in [6.45, 7) is 4.14. The van der Waals surface area contributed by atoms with E-state index in [1.165, 1.54) is 6.42 Å². The second kappa shape index (κ2) is 6.46. The molecule has 15 heavy (non-hydrogen) atoms. The molecule has 0 atom stereocenters. The number of benzene rings is 1. The summed E-state index contributed by atoms with van der Waals surface area (Å²) in [7, 11) is 0. The Morgan fingerprint density at radius 2 is 2.00 bits per heavy atom. The molecule has 0 aliphatic rings. The summed E-state index contributed by atoms with van der Waals surface area (Å²) in [6, 6.07) is 7.18. The number of rotatable bonds is 5. The van der Waals surface area contributed by atoms with Crippen molar-refractivity contribution in [1.29, 1.82) is 0 Å². The summed E-state index contributed by atoms with van der Waals surface area (Å²) < 4.78 is 0. The van der Waals surface area contributed by atoms with E-state index in [0.29, 0.717) is 5.02 Å². The smallest absolute Gasteiger partial charge is 0.158 e. The molecule has 0 aliphatic heterocycles. The highest BCUT2D eigenvalue weighted by molar-refractivity contribution is 6.30. The van der Waals surface area contributed by atoms with Crippen molar-refractivity contribution in [3.63, 3.8) is 0 Å². The van der Waals surface area contributed by atoms with E-state index in [-0.39, 0.29) is 0 Å². The number of halogens is 1. The van der Waals surface area contributed by atoms with Crippen LogP contribution in [0.4, 0.5) is 0 Å². The standard InChI is InChI=1S/C12H16ClNO/c1-3-4-5-10(2)14-15-12-8-6-11(13)7-9-12/h6-9H,3-5H2,1-2H3/b14-10+. The Kier molecular flexibility index (Phi) is 5.19. The first kappa shape index (κ1) is 12.1. The zero-order chi connectivity index (χ0) is 11.1. The summed E-state index contributed by atoms with van der Waals surface area (Å²) >= 11 is 5.75. The lowest BCUT2D eigenvalue weighted by atomic mass is 10.2. The molecule has 0 aliphatic carbocycles. The van der Waals surface area contributed by atoms with Crippen LogP contribution in [0.25, 0.3) is 0 Å². The Morgan fingerprint density at radius 1 is 1.33 bits per heavy atom. The van der Waals surface area contributed by atoms with Gasteiger partial charge in [-0.25, -0.2) is 0 Å². The zero-order valence-corrected chi connectivity index (χ0v) is 9.92. The van der Waals surface area contributed by atoms with Gasteiger partial charge in [-0.3, -0.25) is 0 Å². The van der Waals surface area contributed by atoms with E-state index < -0.39 is 0 Å². The van der Waals surface area contributed by atoms with Gasteiger partial charge in [0.2, 0.25) is 0 Å². The first-order valence-electron chi connectivity index (χ1n) is 5.18. The van der Waals surface area contributed by atoms with Crippen molar-refractivity contribution in [1.82, 2.24) is 0 Å². The van der Waals surface area contributed by atoms with Crippen LogP contribution >= 0.6 is 11.6 Å². The third-order valence-electron chi connectivity index (χ3n) is 2.01. The summed E-state index contributed by atoms with van der Waals surface area (Å²) in [6.07, 6.45) is 3.32. The largest absolute Gasteiger partial charge is 0.357 e. The normalized spacial score (nSPS) is 11.5. The Bertz CT molecular complexity index is 319. The average molecular weight is 226 g/mol. The minimum atomic E-state index is 0.703. The molecule has 1 rings (SSSR count). The topological polar surface area (TPSA) is 21.6 Å². The highest BCUT2D eigenvalue weighted by Gasteiger charge is 1.94. The molecule has 0 saturated carbocycles. The number of hydrogen-bond acceptors (Lipinski definition) is 2. The Labute approximate surface area is 95.9 Å². The van der Waals surface area contributed by atoms with Gasteiger partial charge in [0.15, 0.2) is 5.75 Å². The first-order chi connectivity index (χ1) is 7.22. The molecular weight excluding hydrogens is 210 g/mol. The molecule has 0 N–H and O–H groups in total. The molecule has 82 valence electrons. The molecule has 0 fully saturated rings. The van der Waals surface area contributed by atoms with Crippen LogP contribution in [0.2, 0.25) is 5.02 Å². The Morgan fingerprint density at radius 3 is 2.60 bits per heavy atom. The molecule has 0 bridgehead atoms. The quantitative estimate of drug-likeness (QED) is 0.541. The van der Waals surface area contributed by atoms with Crippen molar-refractivity contribution in [2.45, 2.75) is 33.1 Å². The van der Waals surface area contributed by atoms with Crippen LogP contribution in [0.15, 0.2) is 29.4 Å². The van der Waals surface area contributed by atoms with E-state index in [2.05, 4.69) is 12.1 Å². The van der Waals surface area contributed by atoms with E-state index in [9.17, 15) is 0 Å². The van der Waals surface area contributed by atoms with Crippen LogP contribution in [-0.4, -0.2) is 5.71 Å². The van der Waals surface area contributed by atoms with Gasteiger partial charge in [0.1, 0.15) is 0 Å². The zero-order valence-electron chi connectivity index (χ0n) is 9.16. The van der Waals surface area contributed by atoms with Gasteiger partial charge in [0.25, 0.3) is 0 Å². The van der Waals surface area contributed by atoms with E-state index >= 15 is 0 Å². The van der Waals surface area contributed by atoms with E-state index in [1.807, 2.05) is 6.92 Å². The van der Waals surface area contributed by atoms with Crippen LogP contribution < -0.4 is 4.84 Å². The van der Waals surface area contributed by atoms with Gasteiger partial charge in [0.05, 0.1) is 5.71 Å². The highest BCUT2D eigenvalue weighted by Crippen LogP contribution is 2.15. The molecule has 1 aromatic rings. The number of hydrogen-bond donors (Lipinski definition) is 0. The molecule has 0 spiro atoms. The van der Waals surface area contributed by atoms with Gasteiger partial charge in [-0.1, -0.05) is 30.1 Å². The summed E-state index contributed by atoms with van der Waals surface area (Å²) in [5.41, 5.74) is 1.02. The van der Waals surface area contributed by atoms with E-state index in [1.54, 1.807) is 24.3 Å². The molecule has 3 heteroatoms. The van der Waals surface area contributed by atoms with Crippen molar-refractivity contribution < 1.29 is 4.84 Å². The van der Waals surface area contributed by atoms with Crippen molar-refractivity contribution in [3.05, 3.63) is 29.3 Å².